The number of carbonyl (C=O) groups excluding carboxylic acids is 1. The zero-order valence-electron chi connectivity index (χ0n) is 28.6. The molecule has 0 spiro atoms. The molecule has 1 aromatic carbocycles. The van der Waals surface area contributed by atoms with Crippen molar-refractivity contribution in [3.05, 3.63) is 53.1 Å². The number of hydrogen-bond acceptors (Lipinski definition) is 5. The molecule has 0 bridgehead atoms. The molecular formula is C37H61FN2O3. The fraction of sp³-hybridized carbons (Fsp3) is 0.676. The highest BCUT2D eigenvalue weighted by Crippen LogP contribution is 2.42. The summed E-state index contributed by atoms with van der Waals surface area (Å²) >= 11 is 0. The van der Waals surface area contributed by atoms with Gasteiger partial charge in [-0.05, 0) is 93.9 Å². The molecule has 1 heterocycles. The van der Waals surface area contributed by atoms with E-state index in [9.17, 15) is 9.18 Å². The second kappa shape index (κ2) is 23.0. The van der Waals surface area contributed by atoms with Gasteiger partial charge in [-0.2, -0.15) is 0 Å². The van der Waals surface area contributed by atoms with Gasteiger partial charge in [0.15, 0.2) is 0 Å². The van der Waals surface area contributed by atoms with E-state index in [-0.39, 0.29) is 18.0 Å². The summed E-state index contributed by atoms with van der Waals surface area (Å²) in [7, 11) is 1.72. The Hall–Kier alpha value is -2.47. The van der Waals surface area contributed by atoms with Crippen molar-refractivity contribution in [2.24, 2.45) is 22.7 Å². The van der Waals surface area contributed by atoms with E-state index in [1.165, 1.54) is 77.4 Å². The number of hydrogen-bond donors (Lipinski definition) is 0. The largest absolute Gasteiger partial charge is 0.494 e. The first-order valence-electron chi connectivity index (χ1n) is 16.8. The minimum Gasteiger partial charge on any atom is -0.494 e. The lowest BCUT2D eigenvalue weighted by atomic mass is 9.92. The number of likely N-dealkylation sites (tertiary alicyclic amines) is 1. The minimum atomic E-state index is -0.383. The van der Waals surface area contributed by atoms with Crippen molar-refractivity contribution < 1.29 is 18.7 Å². The molecule has 1 saturated carbocycles. The Morgan fingerprint density at radius 3 is 2.28 bits per heavy atom. The number of methoxy groups -OCH3 is 1. The number of carbonyl (C=O) groups is 1. The van der Waals surface area contributed by atoms with Crippen LogP contribution in [0.25, 0.3) is 0 Å². The molecule has 0 radical (unpaired) electrons. The number of rotatable bonds is 15. The topological polar surface area (TPSA) is 51.1 Å². The summed E-state index contributed by atoms with van der Waals surface area (Å²) in [6.45, 7) is 17.8. The predicted octanol–water partition coefficient (Wildman–Crippen LogP) is 9.60. The van der Waals surface area contributed by atoms with Gasteiger partial charge in [0.2, 0.25) is 0 Å². The number of nitrogens with zero attached hydrogens (tertiary/aromatic N) is 2. The van der Waals surface area contributed by atoms with Crippen molar-refractivity contribution in [3.8, 4) is 5.75 Å². The number of allylic oxidation sites excluding steroid dienone is 2. The molecule has 0 aromatic heterocycles. The molecule has 244 valence electrons. The summed E-state index contributed by atoms with van der Waals surface area (Å²) in [6.07, 6.45) is 18.6. The molecule has 43 heavy (non-hydrogen) atoms. The van der Waals surface area contributed by atoms with E-state index in [0.717, 1.165) is 35.6 Å². The van der Waals surface area contributed by atoms with Gasteiger partial charge in [-0.1, -0.05) is 65.5 Å². The molecule has 1 unspecified atom stereocenters. The van der Waals surface area contributed by atoms with Crippen molar-refractivity contribution >= 4 is 12.0 Å². The van der Waals surface area contributed by atoms with Crippen LogP contribution in [0.15, 0.2) is 46.7 Å². The van der Waals surface area contributed by atoms with Gasteiger partial charge in [0.05, 0.1) is 13.2 Å². The average molecular weight is 601 g/mol. The highest BCUT2D eigenvalue weighted by atomic mass is 19.1. The standard InChI is InChI=1S/C18H30N2O.C11H13FO2.C8H18/c1-4-6-18(19-13-15(5-2)14-21-3)20-11-9-17(10-12-20)16-7-8-16;1-3-14-10-5-4-9(6-8(2)13)11(12)7-10;1-4-6-7-8(3)5-2/h5-6,13,16-17H,4,7-12,14H2,1-3H3;4-5,7H,3,6H2,1-2H3;8H,4-7H2,1-3H3/b15-5+,18-6-,19-13-;;. The minimum absolute atomic E-state index is 0.0481. The third-order valence-electron chi connectivity index (χ3n) is 8.11. The second-order valence-corrected chi connectivity index (χ2v) is 11.9. The van der Waals surface area contributed by atoms with Gasteiger partial charge in [0.25, 0.3) is 0 Å². The third-order valence-corrected chi connectivity index (χ3v) is 8.11. The van der Waals surface area contributed by atoms with Crippen LogP contribution < -0.4 is 4.74 Å². The molecule has 0 N–H and O–H groups in total. The smallest absolute Gasteiger partial charge is 0.134 e. The van der Waals surface area contributed by atoms with Crippen LogP contribution in [0.1, 0.15) is 112 Å². The molecule has 1 aliphatic carbocycles. The van der Waals surface area contributed by atoms with Gasteiger partial charge in [-0.3, -0.25) is 4.79 Å². The van der Waals surface area contributed by atoms with Crippen LogP contribution in [0, 0.1) is 23.6 Å². The van der Waals surface area contributed by atoms with Crippen LogP contribution in [0.5, 0.6) is 5.75 Å². The second-order valence-electron chi connectivity index (χ2n) is 11.9. The SMILES string of the molecule is CCCCC(C)CC.CCOc1ccc(CC(C)=O)c(F)c1.C\C=C(/C=N\C(=C\CC)N1CCC(C2CC2)CC1)COC. The highest BCUT2D eigenvalue weighted by Gasteiger charge is 2.33. The quantitative estimate of drug-likeness (QED) is 0.188. The number of Topliss-reactive ketones (excluding diaryl/α,β-unsaturated/α-hetero) is 1. The normalized spacial score (nSPS) is 16.7. The molecule has 1 saturated heterocycles. The zero-order valence-corrected chi connectivity index (χ0v) is 28.6. The number of piperidine rings is 1. The number of unbranched alkanes of at least 4 members (excludes halogenated alkanes) is 1. The van der Waals surface area contributed by atoms with E-state index in [4.69, 9.17) is 14.5 Å². The van der Waals surface area contributed by atoms with Crippen molar-refractivity contribution in [1.82, 2.24) is 4.90 Å². The van der Waals surface area contributed by atoms with E-state index < -0.39 is 0 Å². The number of benzene rings is 1. The fourth-order valence-electron chi connectivity index (χ4n) is 5.08. The van der Waals surface area contributed by atoms with Crippen molar-refractivity contribution in [3.63, 3.8) is 0 Å². The number of ether oxygens (including phenoxy) is 2. The van der Waals surface area contributed by atoms with E-state index >= 15 is 0 Å². The Kier molecular flexibility index (Phi) is 20.6. The molecule has 2 aliphatic rings. The maximum Gasteiger partial charge on any atom is 0.134 e. The van der Waals surface area contributed by atoms with Crippen LogP contribution in [0.4, 0.5) is 4.39 Å². The lowest BCUT2D eigenvalue weighted by Crippen LogP contribution is -2.33. The Bertz CT molecular complexity index is 992. The summed E-state index contributed by atoms with van der Waals surface area (Å²) < 4.78 is 23.6. The maximum atomic E-state index is 13.3. The van der Waals surface area contributed by atoms with Gasteiger partial charge < -0.3 is 14.4 Å². The molecule has 1 atom stereocenters. The van der Waals surface area contributed by atoms with E-state index in [2.05, 4.69) is 44.7 Å². The summed E-state index contributed by atoms with van der Waals surface area (Å²) in [4.78, 5) is 18.0. The predicted molar refractivity (Wildman–Crippen MR) is 180 cm³/mol. The Morgan fingerprint density at radius 2 is 1.79 bits per heavy atom. The van der Waals surface area contributed by atoms with Gasteiger partial charge >= 0.3 is 0 Å². The number of aliphatic imine (C=N–C) groups is 1. The summed E-state index contributed by atoms with van der Waals surface area (Å²) in [5.41, 5.74) is 1.55. The van der Waals surface area contributed by atoms with Crippen molar-refractivity contribution in [2.45, 2.75) is 113 Å². The molecule has 3 rings (SSSR count). The first-order chi connectivity index (χ1) is 20.7. The van der Waals surface area contributed by atoms with E-state index in [1.807, 2.05) is 20.1 Å². The van der Waals surface area contributed by atoms with E-state index in [0.29, 0.717) is 24.5 Å². The summed E-state index contributed by atoms with van der Waals surface area (Å²) in [5.74, 6) is 4.19. The lowest BCUT2D eigenvalue weighted by molar-refractivity contribution is -0.116. The monoisotopic (exact) mass is 600 g/mol. The van der Waals surface area contributed by atoms with Crippen LogP contribution in [-0.2, 0) is 16.0 Å². The molecule has 5 nitrogen and oxygen atoms in total. The van der Waals surface area contributed by atoms with Gasteiger partial charge in [0, 0.05) is 38.9 Å². The Labute approximate surface area is 263 Å². The molecule has 0 amide bonds. The molecule has 2 fully saturated rings. The third kappa shape index (κ3) is 16.8. The van der Waals surface area contributed by atoms with Crippen molar-refractivity contribution in [1.29, 1.82) is 0 Å². The molecule has 6 heteroatoms. The van der Waals surface area contributed by atoms with Crippen LogP contribution >= 0.6 is 0 Å². The first-order valence-corrected chi connectivity index (χ1v) is 16.8. The highest BCUT2D eigenvalue weighted by molar-refractivity contribution is 5.79. The first kappa shape index (κ1) is 38.6. The average Bonchev–Trinajstić information content (AvgIpc) is 3.85. The molecular weight excluding hydrogens is 539 g/mol. The van der Waals surface area contributed by atoms with Gasteiger partial charge in [0.1, 0.15) is 23.2 Å². The number of ketones is 1. The summed E-state index contributed by atoms with van der Waals surface area (Å²) in [5, 5.41) is 0. The van der Waals surface area contributed by atoms with Gasteiger partial charge in [-0.15, -0.1) is 0 Å². The summed E-state index contributed by atoms with van der Waals surface area (Å²) in [6, 6.07) is 4.56. The lowest BCUT2D eigenvalue weighted by Gasteiger charge is -2.33. The van der Waals surface area contributed by atoms with Crippen LogP contribution in [-0.4, -0.2) is 50.3 Å². The Balaban J connectivity index is 0.000000362. The fourth-order valence-corrected chi connectivity index (χ4v) is 5.08. The zero-order chi connectivity index (χ0) is 32.0. The Morgan fingerprint density at radius 1 is 1.12 bits per heavy atom. The van der Waals surface area contributed by atoms with Gasteiger partial charge in [-0.25, -0.2) is 9.38 Å². The molecule has 1 aromatic rings. The van der Waals surface area contributed by atoms with Crippen LogP contribution in [0.2, 0.25) is 0 Å². The van der Waals surface area contributed by atoms with Crippen LogP contribution in [0.3, 0.4) is 0 Å². The molecule has 1 aliphatic heterocycles. The van der Waals surface area contributed by atoms with Crippen molar-refractivity contribution in [2.75, 3.05) is 33.4 Å². The maximum absolute atomic E-state index is 13.3. The number of halogens is 1. The van der Waals surface area contributed by atoms with E-state index in [1.54, 1.807) is 19.2 Å².